The van der Waals surface area contributed by atoms with E-state index in [1.807, 2.05) is 6.92 Å². The molecule has 0 saturated heterocycles. The summed E-state index contributed by atoms with van der Waals surface area (Å²) in [5, 5.41) is 0.117. The van der Waals surface area contributed by atoms with E-state index in [1.165, 1.54) is 18.2 Å². The largest absolute Gasteiger partial charge is 0.326 e. The molecule has 0 atom stereocenters. The minimum atomic E-state index is -3.74. The Labute approximate surface area is 121 Å². The van der Waals surface area contributed by atoms with Gasteiger partial charge in [-0.25, -0.2) is 17.9 Å². The molecule has 0 aliphatic heterocycles. The molecule has 0 unspecified atom stereocenters. The molecule has 1 aromatic carbocycles. The molecule has 3 N–H and O–H groups in total. The zero-order chi connectivity index (χ0) is 15.8. The van der Waals surface area contributed by atoms with E-state index in [0.29, 0.717) is 6.42 Å². The van der Waals surface area contributed by atoms with Crippen molar-refractivity contribution in [1.82, 2.24) is 14.7 Å². The first kappa shape index (κ1) is 15.5. The molecule has 7 nitrogen and oxygen atoms in total. The van der Waals surface area contributed by atoms with Crippen molar-refractivity contribution in [2.24, 2.45) is 0 Å². The molecule has 0 fully saturated rings. The highest BCUT2D eigenvalue weighted by atomic mass is 32.2. The molecule has 2 aromatic rings. The van der Waals surface area contributed by atoms with Crippen LogP contribution in [0.25, 0.3) is 10.9 Å². The Morgan fingerprint density at radius 1 is 1.19 bits per heavy atom. The summed E-state index contributed by atoms with van der Waals surface area (Å²) >= 11 is 0. The predicted molar refractivity (Wildman–Crippen MR) is 79.9 cm³/mol. The quantitative estimate of drug-likeness (QED) is 0.771. The Morgan fingerprint density at radius 3 is 2.48 bits per heavy atom. The van der Waals surface area contributed by atoms with E-state index in [-0.39, 0.29) is 15.8 Å². The van der Waals surface area contributed by atoms with Crippen molar-refractivity contribution < 1.29 is 8.42 Å². The molecule has 21 heavy (non-hydrogen) atoms. The summed E-state index contributed by atoms with van der Waals surface area (Å²) in [6, 6.07) is 4.00. The van der Waals surface area contributed by atoms with Gasteiger partial charge in [-0.1, -0.05) is 6.92 Å². The normalized spacial score (nSPS) is 12.7. The van der Waals surface area contributed by atoms with Crippen LogP contribution in [0.3, 0.4) is 0 Å². The fraction of sp³-hybridized carbons (Fsp3) is 0.385. The summed E-state index contributed by atoms with van der Waals surface area (Å²) in [5.74, 6) is 0. The SMILES string of the molecule is CCC(C)(C)NS(=O)(=O)c1ccc2[nH]c(=O)[nH]c(=O)c2c1. The summed E-state index contributed by atoms with van der Waals surface area (Å²) in [5.41, 5.74) is -1.56. The van der Waals surface area contributed by atoms with Crippen LogP contribution in [0, 0.1) is 0 Å². The molecular formula is C13H17N3O4S. The number of aromatic nitrogens is 2. The highest BCUT2D eigenvalue weighted by Crippen LogP contribution is 2.17. The van der Waals surface area contributed by atoms with Crippen molar-refractivity contribution in [3.63, 3.8) is 0 Å². The van der Waals surface area contributed by atoms with Crippen LogP contribution in [0.2, 0.25) is 0 Å². The molecule has 0 spiro atoms. The minimum absolute atomic E-state index is 0.0194. The molecule has 0 radical (unpaired) electrons. The standard InChI is InChI=1S/C13H17N3O4S/c1-4-13(2,3)16-21(19,20)8-5-6-10-9(7-8)11(17)15-12(18)14-10/h5-7,16H,4H2,1-3H3,(H2,14,15,17,18). The number of nitrogens with one attached hydrogen (secondary N) is 3. The van der Waals surface area contributed by atoms with E-state index in [1.54, 1.807) is 13.8 Å². The molecule has 2 rings (SSSR count). The lowest BCUT2D eigenvalue weighted by Gasteiger charge is -2.24. The molecule has 114 valence electrons. The zero-order valence-electron chi connectivity index (χ0n) is 12.0. The van der Waals surface area contributed by atoms with Crippen LogP contribution in [0.15, 0.2) is 32.7 Å². The molecular weight excluding hydrogens is 294 g/mol. The monoisotopic (exact) mass is 311 g/mol. The van der Waals surface area contributed by atoms with Gasteiger partial charge in [-0.2, -0.15) is 0 Å². The smallest absolute Gasteiger partial charge is 0.307 e. The van der Waals surface area contributed by atoms with Gasteiger partial charge < -0.3 is 4.98 Å². The van der Waals surface area contributed by atoms with Crippen molar-refractivity contribution in [3.05, 3.63) is 39.0 Å². The summed E-state index contributed by atoms with van der Waals surface area (Å²) in [4.78, 5) is 27.4. The average Bonchev–Trinajstić information content (AvgIpc) is 2.37. The lowest BCUT2D eigenvalue weighted by molar-refractivity contribution is 0.439. The Kier molecular flexibility index (Phi) is 3.77. The van der Waals surface area contributed by atoms with Gasteiger partial charge in [0.1, 0.15) is 0 Å². The van der Waals surface area contributed by atoms with Crippen LogP contribution in [0.1, 0.15) is 27.2 Å². The molecule has 0 aliphatic carbocycles. The molecule has 0 saturated carbocycles. The molecule has 8 heteroatoms. The second-order valence-corrected chi connectivity index (χ2v) is 7.14. The molecule has 0 bridgehead atoms. The maximum atomic E-state index is 12.3. The third-order valence-corrected chi connectivity index (χ3v) is 5.01. The summed E-state index contributed by atoms with van der Waals surface area (Å²) in [6.45, 7) is 5.42. The van der Waals surface area contributed by atoms with E-state index in [0.717, 1.165) is 0 Å². The second-order valence-electron chi connectivity index (χ2n) is 5.46. The van der Waals surface area contributed by atoms with E-state index in [9.17, 15) is 18.0 Å². The lowest BCUT2D eigenvalue weighted by Crippen LogP contribution is -2.42. The van der Waals surface area contributed by atoms with Gasteiger partial charge in [-0.05, 0) is 38.5 Å². The van der Waals surface area contributed by atoms with Crippen molar-refractivity contribution in [3.8, 4) is 0 Å². The van der Waals surface area contributed by atoms with Crippen molar-refractivity contribution in [2.45, 2.75) is 37.6 Å². The summed E-state index contributed by atoms with van der Waals surface area (Å²) in [6.07, 6.45) is 0.619. The average molecular weight is 311 g/mol. The maximum absolute atomic E-state index is 12.3. The number of sulfonamides is 1. The van der Waals surface area contributed by atoms with Crippen molar-refractivity contribution >= 4 is 20.9 Å². The third-order valence-electron chi connectivity index (χ3n) is 3.32. The Bertz CT molecular complexity index is 894. The number of hydrogen-bond acceptors (Lipinski definition) is 4. The number of rotatable bonds is 4. The van der Waals surface area contributed by atoms with Crippen LogP contribution >= 0.6 is 0 Å². The Hall–Kier alpha value is -1.93. The predicted octanol–water partition coefficient (Wildman–Crippen LogP) is 0.683. The van der Waals surface area contributed by atoms with Crippen molar-refractivity contribution in [1.29, 1.82) is 0 Å². The fourth-order valence-electron chi connectivity index (χ4n) is 1.81. The highest BCUT2D eigenvalue weighted by molar-refractivity contribution is 7.89. The van der Waals surface area contributed by atoms with Gasteiger partial charge in [-0.3, -0.25) is 9.78 Å². The topological polar surface area (TPSA) is 112 Å². The maximum Gasteiger partial charge on any atom is 0.326 e. The molecule has 1 heterocycles. The number of benzene rings is 1. The van der Waals surface area contributed by atoms with Crippen LogP contribution < -0.4 is 16.0 Å². The zero-order valence-corrected chi connectivity index (χ0v) is 12.8. The summed E-state index contributed by atoms with van der Waals surface area (Å²) < 4.78 is 27.2. The van der Waals surface area contributed by atoms with Gasteiger partial charge >= 0.3 is 5.69 Å². The van der Waals surface area contributed by atoms with Crippen molar-refractivity contribution in [2.75, 3.05) is 0 Å². The van der Waals surface area contributed by atoms with Gasteiger partial charge in [0.2, 0.25) is 10.0 Å². The lowest BCUT2D eigenvalue weighted by atomic mass is 10.0. The number of fused-ring (bicyclic) bond motifs is 1. The molecule has 1 aromatic heterocycles. The third kappa shape index (κ3) is 3.22. The Morgan fingerprint density at radius 2 is 1.86 bits per heavy atom. The number of hydrogen-bond donors (Lipinski definition) is 3. The van der Waals surface area contributed by atoms with Gasteiger partial charge in [0.05, 0.1) is 15.8 Å². The van der Waals surface area contributed by atoms with Crippen LogP contribution in [0.5, 0.6) is 0 Å². The first-order valence-electron chi connectivity index (χ1n) is 6.45. The van der Waals surface area contributed by atoms with Crippen LogP contribution in [-0.2, 0) is 10.0 Å². The van der Waals surface area contributed by atoms with Gasteiger partial charge in [0, 0.05) is 5.54 Å². The minimum Gasteiger partial charge on any atom is -0.307 e. The van der Waals surface area contributed by atoms with E-state index < -0.39 is 26.8 Å². The molecule has 0 aliphatic rings. The van der Waals surface area contributed by atoms with Crippen LogP contribution in [-0.4, -0.2) is 23.9 Å². The van der Waals surface area contributed by atoms with E-state index >= 15 is 0 Å². The van der Waals surface area contributed by atoms with Crippen LogP contribution in [0.4, 0.5) is 0 Å². The number of aromatic amines is 2. The van der Waals surface area contributed by atoms with E-state index in [4.69, 9.17) is 0 Å². The van der Waals surface area contributed by atoms with Gasteiger partial charge in [0.25, 0.3) is 5.56 Å². The first-order chi connectivity index (χ1) is 9.64. The number of H-pyrrole nitrogens is 2. The highest BCUT2D eigenvalue weighted by Gasteiger charge is 2.24. The second kappa shape index (κ2) is 5.12. The molecule has 0 amide bonds. The first-order valence-corrected chi connectivity index (χ1v) is 7.93. The fourth-order valence-corrected chi connectivity index (χ4v) is 3.32. The summed E-state index contributed by atoms with van der Waals surface area (Å²) in [7, 11) is -3.74. The Balaban J connectivity index is 2.58. The van der Waals surface area contributed by atoms with E-state index in [2.05, 4.69) is 14.7 Å². The van der Waals surface area contributed by atoms with Gasteiger partial charge in [-0.15, -0.1) is 0 Å². The van der Waals surface area contributed by atoms with Gasteiger partial charge in [0.15, 0.2) is 0 Å².